The molecule has 0 heterocycles. The Morgan fingerprint density at radius 2 is 1.81 bits per heavy atom. The van der Waals surface area contributed by atoms with Crippen molar-refractivity contribution < 1.29 is 37.3 Å². The molecule has 10 heteroatoms. The lowest BCUT2D eigenvalue weighted by Crippen LogP contribution is -2.49. The van der Waals surface area contributed by atoms with E-state index in [0.29, 0.717) is 0 Å². The SMILES string of the molecule is N[C@@H](CO)C(=O)[C@@H](OS(=O)(=O)O)[C@H](O)CO. The van der Waals surface area contributed by atoms with E-state index in [2.05, 4.69) is 4.18 Å². The highest BCUT2D eigenvalue weighted by atomic mass is 32.3. The second kappa shape index (κ2) is 6.20. The highest BCUT2D eigenvalue weighted by Crippen LogP contribution is 2.07. The predicted molar refractivity (Wildman–Crippen MR) is 49.6 cm³/mol. The van der Waals surface area contributed by atoms with Crippen LogP contribution in [0.4, 0.5) is 0 Å². The summed E-state index contributed by atoms with van der Waals surface area (Å²) in [5.41, 5.74) is 5.08. The Morgan fingerprint density at radius 1 is 1.31 bits per heavy atom. The molecule has 0 bridgehead atoms. The summed E-state index contributed by atoms with van der Waals surface area (Å²) in [5, 5.41) is 26.2. The van der Waals surface area contributed by atoms with Crippen LogP contribution < -0.4 is 5.73 Å². The summed E-state index contributed by atoms with van der Waals surface area (Å²) in [7, 11) is -4.99. The van der Waals surface area contributed by atoms with Gasteiger partial charge in [-0.05, 0) is 0 Å². The number of nitrogens with two attached hydrogens (primary N) is 1. The van der Waals surface area contributed by atoms with Gasteiger partial charge in [0.2, 0.25) is 0 Å². The van der Waals surface area contributed by atoms with Crippen molar-refractivity contribution in [3.63, 3.8) is 0 Å². The maximum atomic E-state index is 11.3. The predicted octanol–water partition coefficient (Wildman–Crippen LogP) is -3.58. The normalized spacial score (nSPS) is 17.8. The lowest BCUT2D eigenvalue weighted by atomic mass is 10.0. The van der Waals surface area contributed by atoms with E-state index in [1.54, 1.807) is 0 Å². The van der Waals surface area contributed by atoms with E-state index in [1.165, 1.54) is 0 Å². The van der Waals surface area contributed by atoms with Gasteiger partial charge in [0.1, 0.15) is 6.10 Å². The number of hydrogen-bond acceptors (Lipinski definition) is 8. The lowest BCUT2D eigenvalue weighted by molar-refractivity contribution is -0.134. The standard InChI is InChI=1S/C6H13NO8S/c7-3(1-8)5(11)6(4(10)2-9)15-16(12,13)14/h3-4,6,8-10H,1-2,7H2,(H,12,13,14)/t3-,4+,6-/m0/s1. The number of carbonyl (C=O) groups is 1. The average Bonchev–Trinajstić information content (AvgIpc) is 2.21. The molecule has 0 aromatic rings. The number of ketones is 1. The minimum atomic E-state index is -4.99. The van der Waals surface area contributed by atoms with Crippen molar-refractivity contribution in [3.8, 4) is 0 Å². The van der Waals surface area contributed by atoms with E-state index in [4.69, 9.17) is 25.6 Å². The Balaban J connectivity index is 4.88. The van der Waals surface area contributed by atoms with Crippen LogP contribution in [0.3, 0.4) is 0 Å². The molecule has 0 saturated heterocycles. The maximum absolute atomic E-state index is 11.3. The fraction of sp³-hybridized carbons (Fsp3) is 0.833. The Morgan fingerprint density at radius 3 is 2.12 bits per heavy atom. The molecule has 0 aliphatic rings. The summed E-state index contributed by atoms with van der Waals surface area (Å²) < 4.78 is 32.9. The Hall–Kier alpha value is -0.620. The Kier molecular flexibility index (Phi) is 5.96. The third kappa shape index (κ3) is 4.94. The number of Topliss-reactive ketones (excluding diaryl/α,β-unsaturated/α-hetero) is 1. The first-order valence-corrected chi connectivity index (χ1v) is 5.44. The molecule has 0 spiro atoms. The molecule has 96 valence electrons. The molecule has 0 radical (unpaired) electrons. The topological polar surface area (TPSA) is 167 Å². The molecule has 0 aliphatic carbocycles. The van der Waals surface area contributed by atoms with Crippen LogP contribution in [0.1, 0.15) is 0 Å². The number of carbonyl (C=O) groups excluding carboxylic acids is 1. The molecule has 6 N–H and O–H groups in total. The number of hydrogen-bond donors (Lipinski definition) is 5. The summed E-state index contributed by atoms with van der Waals surface area (Å²) in [4.78, 5) is 11.3. The van der Waals surface area contributed by atoms with E-state index in [0.717, 1.165) is 0 Å². The van der Waals surface area contributed by atoms with Gasteiger partial charge in [-0.15, -0.1) is 0 Å². The van der Waals surface area contributed by atoms with Gasteiger partial charge in [0.25, 0.3) is 0 Å². The first kappa shape index (κ1) is 15.4. The minimum absolute atomic E-state index is 0.803. The second-order valence-corrected chi connectivity index (χ2v) is 3.93. The van der Waals surface area contributed by atoms with Crippen molar-refractivity contribution >= 4 is 16.2 Å². The highest BCUT2D eigenvalue weighted by Gasteiger charge is 2.34. The van der Waals surface area contributed by atoms with Crippen LogP contribution >= 0.6 is 0 Å². The molecule has 0 unspecified atom stereocenters. The smallest absolute Gasteiger partial charge is 0.394 e. The third-order valence-electron chi connectivity index (χ3n) is 1.60. The maximum Gasteiger partial charge on any atom is 0.398 e. The molecule has 0 rings (SSSR count). The van der Waals surface area contributed by atoms with Crippen LogP contribution in [0.25, 0.3) is 0 Å². The summed E-state index contributed by atoms with van der Waals surface area (Å²) in [6, 6.07) is -1.49. The van der Waals surface area contributed by atoms with Crippen LogP contribution in [0, 0.1) is 0 Å². The van der Waals surface area contributed by atoms with Gasteiger partial charge in [0, 0.05) is 0 Å². The van der Waals surface area contributed by atoms with Gasteiger partial charge in [-0.1, -0.05) is 0 Å². The van der Waals surface area contributed by atoms with Crippen LogP contribution in [-0.2, 0) is 19.4 Å². The first-order chi connectivity index (χ1) is 7.22. The van der Waals surface area contributed by atoms with Gasteiger partial charge < -0.3 is 21.1 Å². The quantitative estimate of drug-likeness (QED) is 0.290. The summed E-state index contributed by atoms with van der Waals surface area (Å²) >= 11 is 0. The van der Waals surface area contributed by atoms with Crippen LogP contribution in [0.15, 0.2) is 0 Å². The molecule has 0 amide bonds. The van der Waals surface area contributed by atoms with Gasteiger partial charge in [-0.25, -0.2) is 4.18 Å². The summed E-state index contributed by atoms with van der Waals surface area (Å²) in [5.74, 6) is -1.17. The molecule has 3 atom stereocenters. The number of aliphatic hydroxyl groups is 3. The van der Waals surface area contributed by atoms with E-state index in [-0.39, 0.29) is 0 Å². The van der Waals surface area contributed by atoms with Gasteiger partial charge in [0.15, 0.2) is 11.9 Å². The number of aliphatic hydroxyl groups excluding tert-OH is 3. The molecule has 16 heavy (non-hydrogen) atoms. The molecule has 0 saturated carbocycles. The van der Waals surface area contributed by atoms with Crippen molar-refractivity contribution in [2.24, 2.45) is 5.73 Å². The molecule has 0 aromatic heterocycles. The van der Waals surface area contributed by atoms with Crippen molar-refractivity contribution in [1.29, 1.82) is 0 Å². The molecular formula is C6H13NO8S. The fourth-order valence-corrected chi connectivity index (χ4v) is 1.31. The third-order valence-corrected chi connectivity index (χ3v) is 2.05. The van der Waals surface area contributed by atoms with Crippen molar-refractivity contribution in [2.45, 2.75) is 18.2 Å². The van der Waals surface area contributed by atoms with E-state index in [9.17, 15) is 13.2 Å². The monoisotopic (exact) mass is 259 g/mol. The summed E-state index contributed by atoms with van der Waals surface area (Å²) in [6.45, 7) is -1.79. The second-order valence-electron chi connectivity index (χ2n) is 2.89. The van der Waals surface area contributed by atoms with Crippen molar-refractivity contribution in [1.82, 2.24) is 0 Å². The van der Waals surface area contributed by atoms with Gasteiger partial charge in [0.05, 0.1) is 19.3 Å². The van der Waals surface area contributed by atoms with Crippen molar-refractivity contribution in [3.05, 3.63) is 0 Å². The molecule has 9 nitrogen and oxygen atoms in total. The van der Waals surface area contributed by atoms with E-state index < -0.39 is 47.6 Å². The summed E-state index contributed by atoms with van der Waals surface area (Å²) in [6.07, 6.45) is -3.95. The molecule has 0 aliphatic heterocycles. The Bertz CT molecular complexity index is 327. The molecule has 0 aromatic carbocycles. The van der Waals surface area contributed by atoms with E-state index >= 15 is 0 Å². The zero-order chi connectivity index (χ0) is 12.9. The van der Waals surface area contributed by atoms with Crippen molar-refractivity contribution in [2.75, 3.05) is 13.2 Å². The van der Waals surface area contributed by atoms with Crippen LogP contribution in [0.5, 0.6) is 0 Å². The van der Waals surface area contributed by atoms with Gasteiger partial charge in [-0.2, -0.15) is 8.42 Å². The number of rotatable bonds is 7. The molecular weight excluding hydrogens is 246 g/mol. The minimum Gasteiger partial charge on any atom is -0.394 e. The van der Waals surface area contributed by atoms with Gasteiger partial charge >= 0.3 is 10.4 Å². The Labute approximate surface area is 91.4 Å². The lowest BCUT2D eigenvalue weighted by Gasteiger charge is -2.20. The largest absolute Gasteiger partial charge is 0.398 e. The van der Waals surface area contributed by atoms with Crippen LogP contribution in [0.2, 0.25) is 0 Å². The fourth-order valence-electron chi connectivity index (χ4n) is 0.829. The zero-order valence-electron chi connectivity index (χ0n) is 8.05. The average molecular weight is 259 g/mol. The highest BCUT2D eigenvalue weighted by molar-refractivity contribution is 7.80. The molecule has 0 fully saturated rings. The van der Waals surface area contributed by atoms with Gasteiger partial charge in [-0.3, -0.25) is 9.35 Å². The van der Waals surface area contributed by atoms with Crippen LogP contribution in [-0.4, -0.2) is 65.5 Å². The zero-order valence-corrected chi connectivity index (χ0v) is 8.87. The van der Waals surface area contributed by atoms with E-state index in [1.807, 2.05) is 0 Å². The first-order valence-electron chi connectivity index (χ1n) is 4.07.